The predicted octanol–water partition coefficient (Wildman–Crippen LogP) is 1.56. The van der Waals surface area contributed by atoms with Crippen molar-refractivity contribution in [3.8, 4) is 0 Å². The molecule has 0 bridgehead atoms. The third-order valence-corrected chi connectivity index (χ3v) is 2.77. The van der Waals surface area contributed by atoms with Crippen LogP contribution in [0, 0.1) is 0 Å². The van der Waals surface area contributed by atoms with Crippen molar-refractivity contribution < 1.29 is 15.0 Å². The van der Waals surface area contributed by atoms with Crippen LogP contribution in [0.1, 0.15) is 30.6 Å². The molecule has 0 spiro atoms. The molecular formula is C13H20N2O3. The molecule has 5 heteroatoms. The van der Waals surface area contributed by atoms with Crippen molar-refractivity contribution in [3.63, 3.8) is 0 Å². The molecule has 0 fully saturated rings. The fourth-order valence-corrected chi connectivity index (χ4v) is 1.82. The van der Waals surface area contributed by atoms with Gasteiger partial charge in [0.15, 0.2) is 0 Å². The fraction of sp³-hybridized carbons (Fsp3) is 0.462. The van der Waals surface area contributed by atoms with Crippen LogP contribution in [0.5, 0.6) is 0 Å². The van der Waals surface area contributed by atoms with Gasteiger partial charge in [-0.25, -0.2) is 4.79 Å². The number of hydrogen-bond acceptors (Lipinski definition) is 4. The summed E-state index contributed by atoms with van der Waals surface area (Å²) in [6.07, 6.45) is 0.620. The van der Waals surface area contributed by atoms with Crippen molar-refractivity contribution in [2.24, 2.45) is 0 Å². The van der Waals surface area contributed by atoms with Crippen LogP contribution in [0.15, 0.2) is 18.2 Å². The Labute approximate surface area is 107 Å². The number of nitrogens with two attached hydrogens (primary N) is 1. The number of rotatable bonds is 6. The molecule has 0 radical (unpaired) electrons. The Hall–Kier alpha value is -1.75. The number of aromatic carboxylic acids is 1. The molecule has 5 nitrogen and oxygen atoms in total. The zero-order valence-corrected chi connectivity index (χ0v) is 10.8. The molecule has 0 amide bonds. The topological polar surface area (TPSA) is 86.8 Å². The summed E-state index contributed by atoms with van der Waals surface area (Å²) in [4.78, 5) is 13.0. The largest absolute Gasteiger partial charge is 0.478 e. The average Bonchev–Trinajstić information content (AvgIpc) is 2.31. The van der Waals surface area contributed by atoms with Gasteiger partial charge in [-0.05, 0) is 38.5 Å². The van der Waals surface area contributed by atoms with Crippen LogP contribution in [0.2, 0.25) is 0 Å². The second-order valence-corrected chi connectivity index (χ2v) is 4.44. The number of aliphatic hydroxyl groups excluding tert-OH is 1. The number of anilines is 2. The normalized spacial score (nSPS) is 10.7. The Morgan fingerprint density at radius 2 is 2.11 bits per heavy atom. The average molecular weight is 252 g/mol. The minimum atomic E-state index is -0.970. The third kappa shape index (κ3) is 3.37. The highest BCUT2D eigenvalue weighted by molar-refractivity contribution is 5.90. The Bertz CT molecular complexity index is 419. The number of hydrogen-bond donors (Lipinski definition) is 3. The van der Waals surface area contributed by atoms with Crippen LogP contribution in [0.25, 0.3) is 0 Å². The van der Waals surface area contributed by atoms with Gasteiger partial charge in [0.05, 0.1) is 16.9 Å². The number of carbonyl (C=O) groups is 1. The van der Waals surface area contributed by atoms with E-state index in [1.807, 2.05) is 18.7 Å². The van der Waals surface area contributed by atoms with Crippen molar-refractivity contribution in [2.75, 3.05) is 23.8 Å². The van der Waals surface area contributed by atoms with E-state index in [1.165, 1.54) is 6.07 Å². The molecule has 1 aromatic carbocycles. The highest BCUT2D eigenvalue weighted by Crippen LogP contribution is 2.26. The quantitative estimate of drug-likeness (QED) is 0.669. The van der Waals surface area contributed by atoms with E-state index in [0.29, 0.717) is 24.3 Å². The van der Waals surface area contributed by atoms with Crippen LogP contribution >= 0.6 is 0 Å². The first-order valence-electron chi connectivity index (χ1n) is 5.97. The van der Waals surface area contributed by atoms with Crippen LogP contribution in [-0.4, -0.2) is 35.4 Å². The van der Waals surface area contributed by atoms with Crippen molar-refractivity contribution in [2.45, 2.75) is 26.3 Å². The molecule has 0 unspecified atom stereocenters. The van der Waals surface area contributed by atoms with Crippen molar-refractivity contribution in [3.05, 3.63) is 23.8 Å². The SMILES string of the molecule is CC(C)N(CCCO)c1cc(C(=O)O)ccc1N. The molecule has 0 atom stereocenters. The molecule has 18 heavy (non-hydrogen) atoms. The third-order valence-electron chi connectivity index (χ3n) is 2.77. The molecular weight excluding hydrogens is 232 g/mol. The zero-order chi connectivity index (χ0) is 13.7. The molecule has 0 aliphatic carbocycles. The van der Waals surface area contributed by atoms with Crippen molar-refractivity contribution in [1.29, 1.82) is 0 Å². The summed E-state index contributed by atoms with van der Waals surface area (Å²) < 4.78 is 0. The lowest BCUT2D eigenvalue weighted by Gasteiger charge is -2.30. The van der Waals surface area contributed by atoms with Crippen molar-refractivity contribution >= 4 is 17.3 Å². The number of nitrogen functional groups attached to an aromatic ring is 1. The summed E-state index contributed by atoms with van der Waals surface area (Å²) in [5.41, 5.74) is 7.37. The Kier molecular flexibility index (Phi) is 4.97. The van der Waals surface area contributed by atoms with Crippen molar-refractivity contribution in [1.82, 2.24) is 0 Å². The van der Waals surface area contributed by atoms with Gasteiger partial charge in [-0.2, -0.15) is 0 Å². The van der Waals surface area contributed by atoms with E-state index in [4.69, 9.17) is 15.9 Å². The number of carboxylic acid groups (broad SMARTS) is 1. The van der Waals surface area contributed by atoms with Crippen LogP contribution in [-0.2, 0) is 0 Å². The van der Waals surface area contributed by atoms with Gasteiger partial charge in [-0.15, -0.1) is 0 Å². The molecule has 1 rings (SSSR count). The van der Waals surface area contributed by atoms with E-state index in [9.17, 15) is 4.79 Å². The molecule has 1 aromatic rings. The minimum Gasteiger partial charge on any atom is -0.478 e. The van der Waals surface area contributed by atoms with E-state index in [-0.39, 0.29) is 18.2 Å². The number of benzene rings is 1. The minimum absolute atomic E-state index is 0.0990. The first kappa shape index (κ1) is 14.3. The van der Waals surface area contributed by atoms with Gasteiger partial charge in [0, 0.05) is 19.2 Å². The number of carboxylic acids is 1. The summed E-state index contributed by atoms with van der Waals surface area (Å²) in [7, 11) is 0. The van der Waals surface area contributed by atoms with Crippen LogP contribution in [0.3, 0.4) is 0 Å². The summed E-state index contributed by atoms with van der Waals surface area (Å²) in [5, 5.41) is 17.9. The van der Waals surface area contributed by atoms with Gasteiger partial charge in [0.1, 0.15) is 0 Å². The first-order valence-corrected chi connectivity index (χ1v) is 5.97. The van der Waals surface area contributed by atoms with Gasteiger partial charge in [-0.1, -0.05) is 0 Å². The van der Waals surface area contributed by atoms with Gasteiger partial charge >= 0.3 is 5.97 Å². The van der Waals surface area contributed by atoms with Gasteiger partial charge in [-0.3, -0.25) is 0 Å². The molecule has 0 saturated heterocycles. The van der Waals surface area contributed by atoms with E-state index in [2.05, 4.69) is 0 Å². The molecule has 0 aromatic heterocycles. The maximum Gasteiger partial charge on any atom is 0.335 e. The van der Waals surface area contributed by atoms with E-state index >= 15 is 0 Å². The summed E-state index contributed by atoms with van der Waals surface area (Å²) in [6, 6.07) is 4.86. The molecule has 0 heterocycles. The summed E-state index contributed by atoms with van der Waals surface area (Å²) in [6.45, 7) is 4.75. The zero-order valence-electron chi connectivity index (χ0n) is 10.8. The maximum atomic E-state index is 11.0. The number of aliphatic hydroxyl groups is 1. The van der Waals surface area contributed by atoms with E-state index < -0.39 is 5.97 Å². The van der Waals surface area contributed by atoms with Crippen LogP contribution in [0.4, 0.5) is 11.4 Å². The monoisotopic (exact) mass is 252 g/mol. The molecule has 0 aliphatic rings. The lowest BCUT2D eigenvalue weighted by molar-refractivity contribution is 0.0697. The Morgan fingerprint density at radius 1 is 1.44 bits per heavy atom. The van der Waals surface area contributed by atoms with Gasteiger partial charge in [0.25, 0.3) is 0 Å². The second-order valence-electron chi connectivity index (χ2n) is 4.44. The predicted molar refractivity (Wildman–Crippen MR) is 72.0 cm³/mol. The molecule has 0 aliphatic heterocycles. The fourth-order valence-electron chi connectivity index (χ4n) is 1.82. The smallest absolute Gasteiger partial charge is 0.335 e. The Balaban J connectivity index is 3.09. The van der Waals surface area contributed by atoms with E-state index in [0.717, 1.165) is 0 Å². The molecule has 4 N–H and O–H groups in total. The first-order chi connectivity index (χ1) is 8.47. The van der Waals surface area contributed by atoms with Gasteiger partial charge in [0.2, 0.25) is 0 Å². The van der Waals surface area contributed by atoms with Gasteiger partial charge < -0.3 is 20.8 Å². The second kappa shape index (κ2) is 6.26. The summed E-state index contributed by atoms with van der Waals surface area (Å²) >= 11 is 0. The highest BCUT2D eigenvalue weighted by atomic mass is 16.4. The number of nitrogens with zero attached hydrogens (tertiary/aromatic N) is 1. The highest BCUT2D eigenvalue weighted by Gasteiger charge is 2.15. The molecule has 100 valence electrons. The lowest BCUT2D eigenvalue weighted by Crippen LogP contribution is -2.33. The van der Waals surface area contributed by atoms with Crippen LogP contribution < -0.4 is 10.6 Å². The Morgan fingerprint density at radius 3 is 2.61 bits per heavy atom. The van der Waals surface area contributed by atoms with E-state index in [1.54, 1.807) is 12.1 Å². The lowest BCUT2D eigenvalue weighted by atomic mass is 10.1. The summed E-state index contributed by atoms with van der Waals surface area (Å²) in [5.74, 6) is -0.970. The maximum absolute atomic E-state index is 11.0. The molecule has 0 saturated carbocycles. The standard InChI is InChI=1S/C13H20N2O3/c1-9(2)15(6-3-7-16)12-8-10(13(17)18)4-5-11(12)14/h4-5,8-9,16H,3,6-7,14H2,1-2H3,(H,17,18).